The van der Waals surface area contributed by atoms with E-state index in [1.165, 1.54) is 11.8 Å². The lowest BCUT2D eigenvalue weighted by Gasteiger charge is -2.37. The Morgan fingerprint density at radius 2 is 1.64 bits per heavy atom. The molecular weight excluding hydrogens is 414 g/mol. The van der Waals surface area contributed by atoms with Gasteiger partial charge in [-0.1, -0.05) is 30.3 Å². The van der Waals surface area contributed by atoms with Crippen molar-refractivity contribution >= 4 is 22.4 Å². The van der Waals surface area contributed by atoms with E-state index in [9.17, 15) is 15.2 Å². The SMILES string of the molecule is Cc1cc(=O)n2c3ccccc3n(C[C@H](O)CN3CCN(c4ccccc4)CC3)c2c1C#N. The molecule has 168 valence electrons. The molecule has 0 saturated carbocycles. The molecule has 2 aromatic heterocycles. The highest BCUT2D eigenvalue weighted by atomic mass is 16.3. The Labute approximate surface area is 192 Å². The van der Waals surface area contributed by atoms with E-state index in [4.69, 9.17) is 0 Å². The van der Waals surface area contributed by atoms with Gasteiger partial charge in [0.25, 0.3) is 5.56 Å². The Balaban J connectivity index is 1.39. The molecule has 1 aliphatic rings. The lowest BCUT2D eigenvalue weighted by Crippen LogP contribution is -2.49. The molecule has 7 heteroatoms. The first-order valence-electron chi connectivity index (χ1n) is 11.3. The molecule has 33 heavy (non-hydrogen) atoms. The fraction of sp³-hybridized carbons (Fsp3) is 0.308. The molecule has 7 nitrogen and oxygen atoms in total. The van der Waals surface area contributed by atoms with Crippen LogP contribution in [0.15, 0.2) is 65.5 Å². The van der Waals surface area contributed by atoms with Gasteiger partial charge in [0.15, 0.2) is 0 Å². The maximum Gasteiger partial charge on any atom is 0.257 e. The van der Waals surface area contributed by atoms with Crippen LogP contribution in [0.5, 0.6) is 0 Å². The van der Waals surface area contributed by atoms with Crippen molar-refractivity contribution in [1.82, 2.24) is 13.9 Å². The molecule has 4 aromatic rings. The summed E-state index contributed by atoms with van der Waals surface area (Å²) in [7, 11) is 0. The van der Waals surface area contributed by atoms with Crippen molar-refractivity contribution in [2.75, 3.05) is 37.6 Å². The van der Waals surface area contributed by atoms with E-state index in [1.54, 1.807) is 11.3 Å². The lowest BCUT2D eigenvalue weighted by molar-refractivity contribution is 0.0967. The molecule has 3 heterocycles. The average molecular weight is 442 g/mol. The third-order valence-electron chi connectivity index (χ3n) is 6.53. The Morgan fingerprint density at radius 1 is 0.970 bits per heavy atom. The zero-order chi connectivity index (χ0) is 22.9. The van der Waals surface area contributed by atoms with Crippen LogP contribution in [0, 0.1) is 18.3 Å². The number of aryl methyl sites for hydroxylation is 1. The first kappa shape index (κ1) is 21.3. The number of fused-ring (bicyclic) bond motifs is 3. The molecule has 0 amide bonds. The molecular formula is C26H27N5O2. The molecule has 0 aliphatic carbocycles. The van der Waals surface area contributed by atoms with Crippen molar-refractivity contribution in [3.63, 3.8) is 0 Å². The minimum absolute atomic E-state index is 0.164. The predicted molar refractivity (Wildman–Crippen MR) is 130 cm³/mol. The highest BCUT2D eigenvalue weighted by molar-refractivity contribution is 5.84. The number of nitrogens with zero attached hydrogens (tertiary/aromatic N) is 5. The van der Waals surface area contributed by atoms with Gasteiger partial charge in [0, 0.05) is 44.5 Å². The zero-order valence-electron chi connectivity index (χ0n) is 18.7. The molecule has 0 bridgehead atoms. The number of pyridine rings is 1. The largest absolute Gasteiger partial charge is 0.390 e. The van der Waals surface area contributed by atoms with Crippen LogP contribution in [-0.4, -0.2) is 57.8 Å². The third-order valence-corrected chi connectivity index (χ3v) is 6.53. The van der Waals surface area contributed by atoms with Crippen LogP contribution >= 0.6 is 0 Å². The Hall–Kier alpha value is -3.60. The number of para-hydroxylation sites is 3. The smallest absolute Gasteiger partial charge is 0.257 e. The second-order valence-corrected chi connectivity index (χ2v) is 8.69. The minimum Gasteiger partial charge on any atom is -0.390 e. The van der Waals surface area contributed by atoms with Crippen molar-refractivity contribution in [1.29, 1.82) is 5.26 Å². The van der Waals surface area contributed by atoms with Gasteiger partial charge in [-0.2, -0.15) is 5.26 Å². The number of nitriles is 1. The van der Waals surface area contributed by atoms with E-state index in [2.05, 4.69) is 40.1 Å². The van der Waals surface area contributed by atoms with E-state index in [-0.39, 0.29) is 5.56 Å². The van der Waals surface area contributed by atoms with Crippen LogP contribution in [0.4, 0.5) is 5.69 Å². The highest BCUT2D eigenvalue weighted by Gasteiger charge is 2.22. The number of aliphatic hydroxyl groups excluding tert-OH is 1. The number of rotatable bonds is 5. The van der Waals surface area contributed by atoms with Crippen molar-refractivity contribution in [2.45, 2.75) is 19.6 Å². The number of β-amino-alcohol motifs (C(OH)–C–C–N with tert-alkyl or cyclic N) is 1. The highest BCUT2D eigenvalue weighted by Crippen LogP contribution is 2.24. The average Bonchev–Trinajstić information content (AvgIpc) is 3.15. The summed E-state index contributed by atoms with van der Waals surface area (Å²) < 4.78 is 3.51. The van der Waals surface area contributed by atoms with Gasteiger partial charge in [0.2, 0.25) is 0 Å². The third kappa shape index (κ3) is 3.88. The van der Waals surface area contributed by atoms with E-state index in [0.29, 0.717) is 29.9 Å². The quantitative estimate of drug-likeness (QED) is 0.515. The molecule has 0 radical (unpaired) electrons. The van der Waals surface area contributed by atoms with Crippen LogP contribution in [0.2, 0.25) is 0 Å². The summed E-state index contributed by atoms with van der Waals surface area (Å²) in [6.45, 7) is 6.22. The van der Waals surface area contributed by atoms with E-state index < -0.39 is 6.10 Å². The molecule has 0 unspecified atom stereocenters. The van der Waals surface area contributed by atoms with Gasteiger partial charge in [-0.15, -0.1) is 0 Å². The van der Waals surface area contributed by atoms with Crippen molar-refractivity contribution in [3.05, 3.63) is 82.1 Å². The topological polar surface area (TPSA) is 76.9 Å². The number of aliphatic hydroxyl groups is 1. The lowest BCUT2D eigenvalue weighted by atomic mass is 10.1. The van der Waals surface area contributed by atoms with E-state index in [1.807, 2.05) is 34.9 Å². The number of hydrogen-bond acceptors (Lipinski definition) is 5. The molecule has 5 rings (SSSR count). The Bertz CT molecular complexity index is 1390. The summed E-state index contributed by atoms with van der Waals surface area (Å²) in [5.41, 5.74) is 4.32. The number of imidazole rings is 1. The molecule has 1 N–H and O–H groups in total. The summed E-state index contributed by atoms with van der Waals surface area (Å²) in [4.78, 5) is 17.5. The molecule has 1 fully saturated rings. The second kappa shape index (κ2) is 8.74. The normalized spacial score (nSPS) is 15.7. The Kier molecular flexibility index (Phi) is 5.63. The standard InChI is InChI=1S/C26H27N5O2/c1-19-15-25(33)31-24-10-6-5-9-23(24)30(26(31)22(19)16-27)18-21(32)17-28-11-13-29(14-12-28)20-7-3-2-4-8-20/h2-10,15,21,32H,11-14,17-18H2,1H3/t21-/m1/s1. The maximum absolute atomic E-state index is 12.8. The molecule has 1 saturated heterocycles. The molecule has 1 atom stereocenters. The number of benzene rings is 2. The Morgan fingerprint density at radius 3 is 2.33 bits per heavy atom. The number of piperazine rings is 1. The molecule has 0 spiro atoms. The fourth-order valence-corrected chi connectivity index (χ4v) is 4.92. The number of anilines is 1. The van der Waals surface area contributed by atoms with Crippen LogP contribution in [0.3, 0.4) is 0 Å². The molecule has 2 aromatic carbocycles. The van der Waals surface area contributed by atoms with Gasteiger partial charge in [-0.3, -0.25) is 14.1 Å². The van der Waals surface area contributed by atoms with Crippen molar-refractivity contribution in [2.24, 2.45) is 0 Å². The van der Waals surface area contributed by atoms with E-state index in [0.717, 1.165) is 37.2 Å². The summed E-state index contributed by atoms with van der Waals surface area (Å²) in [5.74, 6) is 0. The minimum atomic E-state index is -0.630. The van der Waals surface area contributed by atoms with Gasteiger partial charge in [0.1, 0.15) is 11.7 Å². The van der Waals surface area contributed by atoms with Gasteiger partial charge in [0.05, 0.1) is 29.2 Å². The second-order valence-electron chi connectivity index (χ2n) is 8.69. The van der Waals surface area contributed by atoms with Gasteiger partial charge >= 0.3 is 0 Å². The maximum atomic E-state index is 12.8. The zero-order valence-corrected chi connectivity index (χ0v) is 18.7. The monoisotopic (exact) mass is 441 g/mol. The van der Waals surface area contributed by atoms with Gasteiger partial charge in [-0.25, -0.2) is 0 Å². The summed E-state index contributed by atoms with van der Waals surface area (Å²) in [5, 5.41) is 20.8. The van der Waals surface area contributed by atoms with Gasteiger partial charge < -0.3 is 14.6 Å². The van der Waals surface area contributed by atoms with Crippen molar-refractivity contribution in [3.8, 4) is 6.07 Å². The van der Waals surface area contributed by atoms with Crippen LogP contribution in [-0.2, 0) is 6.54 Å². The van der Waals surface area contributed by atoms with E-state index >= 15 is 0 Å². The predicted octanol–water partition coefficient (Wildman–Crippen LogP) is 2.62. The summed E-state index contributed by atoms with van der Waals surface area (Å²) >= 11 is 0. The van der Waals surface area contributed by atoms with Crippen LogP contribution in [0.1, 0.15) is 11.1 Å². The number of hydrogen-bond donors (Lipinski definition) is 1. The van der Waals surface area contributed by atoms with Crippen LogP contribution in [0.25, 0.3) is 16.7 Å². The summed E-state index contributed by atoms with van der Waals surface area (Å²) in [6, 6.07) is 21.8. The molecule has 1 aliphatic heterocycles. The summed E-state index contributed by atoms with van der Waals surface area (Å²) in [6.07, 6.45) is -0.630. The van der Waals surface area contributed by atoms with Gasteiger partial charge in [-0.05, 0) is 36.8 Å². The first-order valence-corrected chi connectivity index (χ1v) is 11.3. The van der Waals surface area contributed by atoms with Crippen molar-refractivity contribution < 1.29 is 5.11 Å². The number of aromatic nitrogens is 2. The first-order chi connectivity index (χ1) is 16.1. The van der Waals surface area contributed by atoms with Crippen LogP contribution < -0.4 is 10.5 Å². The fourth-order valence-electron chi connectivity index (χ4n) is 4.92.